The Morgan fingerprint density at radius 3 is 2.70 bits per heavy atom. The Hall–Kier alpha value is -2.30. The molecule has 0 bridgehead atoms. The average molecular weight is 341 g/mol. The van der Waals surface area contributed by atoms with Crippen molar-refractivity contribution in [3.05, 3.63) is 76.0 Å². The molecule has 2 heterocycles. The van der Waals surface area contributed by atoms with E-state index >= 15 is 0 Å². The number of benzene rings is 1. The van der Waals surface area contributed by atoms with Crippen molar-refractivity contribution in [3.8, 4) is 10.6 Å². The van der Waals surface area contributed by atoms with Crippen LogP contribution in [0.2, 0.25) is 5.02 Å². The molecular formula is C18H13ClN2OS. The third kappa shape index (κ3) is 3.73. The van der Waals surface area contributed by atoms with E-state index in [1.807, 2.05) is 43.3 Å². The van der Waals surface area contributed by atoms with Crippen LogP contribution in [0.1, 0.15) is 20.9 Å². The van der Waals surface area contributed by atoms with Gasteiger partial charge >= 0.3 is 0 Å². The molecular weight excluding hydrogens is 328 g/mol. The van der Waals surface area contributed by atoms with Crippen LogP contribution in [0.25, 0.3) is 16.6 Å². The quantitative estimate of drug-likeness (QED) is 0.492. The van der Waals surface area contributed by atoms with E-state index in [1.54, 1.807) is 24.5 Å². The molecule has 0 unspecified atom stereocenters. The van der Waals surface area contributed by atoms with Crippen LogP contribution in [0.5, 0.6) is 0 Å². The van der Waals surface area contributed by atoms with Gasteiger partial charge in [0.2, 0.25) is 0 Å². The van der Waals surface area contributed by atoms with Gasteiger partial charge in [0.15, 0.2) is 5.78 Å². The molecule has 5 heteroatoms. The molecule has 0 saturated heterocycles. The molecule has 0 fully saturated rings. The second-order valence-corrected chi connectivity index (χ2v) is 6.36. The standard InChI is InChI=1S/C18H13ClN2OS/c1-12-17(16(22)9-4-13-3-2-10-20-11-13)23-18(21-12)14-5-7-15(19)8-6-14/h2-11H,1H3/b9-4+. The summed E-state index contributed by atoms with van der Waals surface area (Å²) in [6, 6.07) is 11.2. The van der Waals surface area contributed by atoms with E-state index in [2.05, 4.69) is 9.97 Å². The van der Waals surface area contributed by atoms with E-state index < -0.39 is 0 Å². The Morgan fingerprint density at radius 1 is 1.22 bits per heavy atom. The van der Waals surface area contributed by atoms with Gasteiger partial charge in [0, 0.05) is 23.0 Å². The second kappa shape index (κ2) is 6.86. The van der Waals surface area contributed by atoms with Crippen LogP contribution in [-0.4, -0.2) is 15.8 Å². The number of carbonyl (C=O) groups excluding carboxylic acids is 1. The van der Waals surface area contributed by atoms with Crippen LogP contribution < -0.4 is 0 Å². The van der Waals surface area contributed by atoms with Crippen molar-refractivity contribution < 1.29 is 4.79 Å². The van der Waals surface area contributed by atoms with Crippen LogP contribution >= 0.6 is 22.9 Å². The molecule has 0 spiro atoms. The summed E-state index contributed by atoms with van der Waals surface area (Å²) < 4.78 is 0. The molecule has 114 valence electrons. The van der Waals surface area contributed by atoms with Crippen LogP contribution in [-0.2, 0) is 0 Å². The molecule has 0 saturated carbocycles. The fourth-order valence-corrected chi connectivity index (χ4v) is 3.18. The summed E-state index contributed by atoms with van der Waals surface area (Å²) in [5.41, 5.74) is 2.58. The maximum Gasteiger partial charge on any atom is 0.197 e. The van der Waals surface area contributed by atoms with Crippen LogP contribution in [0, 0.1) is 6.92 Å². The molecule has 0 aliphatic carbocycles. The van der Waals surface area contributed by atoms with Crippen molar-refractivity contribution in [1.29, 1.82) is 0 Å². The minimum Gasteiger partial charge on any atom is -0.288 e. The Kier molecular flexibility index (Phi) is 4.65. The lowest BCUT2D eigenvalue weighted by atomic mass is 10.2. The highest BCUT2D eigenvalue weighted by Gasteiger charge is 2.14. The van der Waals surface area contributed by atoms with E-state index in [9.17, 15) is 4.79 Å². The molecule has 1 aromatic carbocycles. The zero-order valence-electron chi connectivity index (χ0n) is 12.4. The van der Waals surface area contributed by atoms with Crippen LogP contribution in [0.3, 0.4) is 0 Å². The minimum absolute atomic E-state index is 0.0518. The van der Waals surface area contributed by atoms with Gasteiger partial charge in [-0.3, -0.25) is 9.78 Å². The first kappa shape index (κ1) is 15.6. The predicted molar refractivity (Wildman–Crippen MR) is 94.9 cm³/mol. The first-order chi connectivity index (χ1) is 11.1. The molecule has 0 aliphatic rings. The summed E-state index contributed by atoms with van der Waals surface area (Å²) in [5.74, 6) is -0.0518. The first-order valence-electron chi connectivity index (χ1n) is 6.99. The number of nitrogens with zero attached hydrogens (tertiary/aromatic N) is 2. The van der Waals surface area contributed by atoms with E-state index in [4.69, 9.17) is 11.6 Å². The third-order valence-corrected chi connectivity index (χ3v) is 4.70. The summed E-state index contributed by atoms with van der Waals surface area (Å²) in [5, 5.41) is 1.50. The molecule has 3 aromatic rings. The monoisotopic (exact) mass is 340 g/mol. The lowest BCUT2D eigenvalue weighted by molar-refractivity contribution is 0.105. The van der Waals surface area contributed by atoms with Gasteiger partial charge in [0.05, 0.1) is 10.6 Å². The average Bonchev–Trinajstić information content (AvgIpc) is 2.96. The molecule has 3 rings (SSSR count). The number of rotatable bonds is 4. The second-order valence-electron chi connectivity index (χ2n) is 4.92. The number of ketones is 1. The first-order valence-corrected chi connectivity index (χ1v) is 8.19. The van der Waals surface area contributed by atoms with Crippen molar-refractivity contribution >= 4 is 34.8 Å². The Bertz CT molecular complexity index is 854. The highest BCUT2D eigenvalue weighted by atomic mass is 35.5. The predicted octanol–water partition coefficient (Wildman–Crippen LogP) is 5.06. The van der Waals surface area contributed by atoms with Crippen molar-refractivity contribution in [2.24, 2.45) is 0 Å². The Balaban J connectivity index is 1.84. The van der Waals surface area contributed by atoms with Crippen LogP contribution in [0.4, 0.5) is 0 Å². The lowest BCUT2D eigenvalue weighted by Gasteiger charge is -1.95. The number of hydrogen-bond donors (Lipinski definition) is 0. The van der Waals surface area contributed by atoms with E-state index in [1.165, 1.54) is 11.3 Å². The normalized spacial score (nSPS) is 11.0. The van der Waals surface area contributed by atoms with Gasteiger partial charge < -0.3 is 0 Å². The van der Waals surface area contributed by atoms with Crippen molar-refractivity contribution in [1.82, 2.24) is 9.97 Å². The number of allylic oxidation sites excluding steroid dienone is 1. The van der Waals surface area contributed by atoms with Crippen molar-refractivity contribution in [3.63, 3.8) is 0 Å². The van der Waals surface area contributed by atoms with Gasteiger partial charge in [-0.25, -0.2) is 4.98 Å². The smallest absolute Gasteiger partial charge is 0.197 e. The number of halogens is 1. The molecule has 23 heavy (non-hydrogen) atoms. The SMILES string of the molecule is Cc1nc(-c2ccc(Cl)cc2)sc1C(=O)/C=C/c1cccnc1. The highest BCUT2D eigenvalue weighted by Crippen LogP contribution is 2.29. The largest absolute Gasteiger partial charge is 0.288 e. The molecule has 3 nitrogen and oxygen atoms in total. The summed E-state index contributed by atoms with van der Waals surface area (Å²) in [4.78, 5) is 21.5. The van der Waals surface area contributed by atoms with Gasteiger partial charge in [-0.1, -0.05) is 29.8 Å². The summed E-state index contributed by atoms with van der Waals surface area (Å²) >= 11 is 7.29. The summed E-state index contributed by atoms with van der Waals surface area (Å²) in [6.45, 7) is 1.85. The molecule has 0 radical (unpaired) electrons. The topological polar surface area (TPSA) is 42.9 Å². The highest BCUT2D eigenvalue weighted by molar-refractivity contribution is 7.17. The number of hydrogen-bond acceptors (Lipinski definition) is 4. The maximum atomic E-state index is 12.4. The molecule has 0 N–H and O–H groups in total. The number of pyridine rings is 1. The number of aromatic nitrogens is 2. The zero-order valence-corrected chi connectivity index (χ0v) is 13.9. The van der Waals surface area contributed by atoms with Crippen molar-refractivity contribution in [2.45, 2.75) is 6.92 Å². The summed E-state index contributed by atoms with van der Waals surface area (Å²) in [6.07, 6.45) is 6.73. The zero-order chi connectivity index (χ0) is 16.2. The Labute approximate surface area is 143 Å². The van der Waals surface area contributed by atoms with Gasteiger partial charge in [0.25, 0.3) is 0 Å². The molecule has 0 amide bonds. The molecule has 2 aromatic heterocycles. The lowest BCUT2D eigenvalue weighted by Crippen LogP contribution is -1.93. The minimum atomic E-state index is -0.0518. The van der Waals surface area contributed by atoms with E-state index in [0.717, 1.165) is 21.8 Å². The van der Waals surface area contributed by atoms with Crippen molar-refractivity contribution in [2.75, 3.05) is 0 Å². The van der Waals surface area contributed by atoms with Gasteiger partial charge in [0.1, 0.15) is 5.01 Å². The number of carbonyl (C=O) groups is 1. The summed E-state index contributed by atoms with van der Waals surface area (Å²) in [7, 11) is 0. The number of thiazole rings is 1. The third-order valence-electron chi connectivity index (χ3n) is 3.22. The fourth-order valence-electron chi connectivity index (χ4n) is 2.06. The van der Waals surface area contributed by atoms with Gasteiger partial charge in [-0.2, -0.15) is 0 Å². The molecule has 0 atom stereocenters. The van der Waals surface area contributed by atoms with Crippen LogP contribution in [0.15, 0.2) is 54.9 Å². The fraction of sp³-hybridized carbons (Fsp3) is 0.0556. The molecule has 0 aliphatic heterocycles. The number of aryl methyl sites for hydroxylation is 1. The van der Waals surface area contributed by atoms with E-state index in [0.29, 0.717) is 9.90 Å². The van der Waals surface area contributed by atoms with Gasteiger partial charge in [-0.15, -0.1) is 11.3 Å². The van der Waals surface area contributed by atoms with Gasteiger partial charge in [-0.05, 0) is 42.8 Å². The maximum absolute atomic E-state index is 12.4. The Morgan fingerprint density at radius 2 is 2.00 bits per heavy atom. The van der Waals surface area contributed by atoms with E-state index in [-0.39, 0.29) is 5.78 Å².